The lowest BCUT2D eigenvalue weighted by molar-refractivity contribution is -0.127. The van der Waals surface area contributed by atoms with Gasteiger partial charge in [0.05, 0.1) is 60.9 Å². The Labute approximate surface area is 362 Å². The first-order valence-electron chi connectivity index (χ1n) is 19.9. The second-order valence-electron chi connectivity index (χ2n) is 15.7. The first kappa shape index (κ1) is 40.1. The summed E-state index contributed by atoms with van der Waals surface area (Å²) in [5.41, 5.74) is 2.74. The number of allylic oxidation sites excluding steroid dienone is 2. The van der Waals surface area contributed by atoms with Crippen LogP contribution >= 0.6 is 23.2 Å². The molecule has 5 aromatic carbocycles. The minimum atomic E-state index is -1.52. The third kappa shape index (κ3) is 6.30. The third-order valence-electron chi connectivity index (χ3n) is 12.8. The number of phenolic OH excluding ortho intramolecular Hbond substituents is 1. The predicted octanol–water partition coefficient (Wildman–Crippen LogP) is 9.26. The maximum Gasteiger partial charge on any atom is 0.246 e. The van der Waals surface area contributed by atoms with Gasteiger partial charge in [0, 0.05) is 16.5 Å². The Bertz CT molecular complexity index is 2680. The summed E-state index contributed by atoms with van der Waals surface area (Å²) in [6.07, 6.45) is 6.13. The Morgan fingerprint density at radius 3 is 2.16 bits per heavy atom. The Morgan fingerprint density at radius 1 is 0.705 bits per heavy atom. The van der Waals surface area contributed by atoms with E-state index in [4.69, 9.17) is 37.4 Å². The lowest BCUT2D eigenvalue weighted by atomic mass is 9.49. The predicted molar refractivity (Wildman–Crippen MR) is 233 cm³/mol. The van der Waals surface area contributed by atoms with Crippen LogP contribution in [0.2, 0.25) is 10.0 Å². The van der Waals surface area contributed by atoms with Crippen LogP contribution in [0, 0.1) is 23.7 Å². The second-order valence-corrected chi connectivity index (χ2v) is 16.5. The number of benzene rings is 5. The Morgan fingerprint density at radius 2 is 1.46 bits per heavy atom. The van der Waals surface area contributed by atoms with Crippen molar-refractivity contribution in [3.63, 3.8) is 0 Å². The normalized spacial score (nSPS) is 24.4. The maximum absolute atomic E-state index is 15.5. The number of phenols is 1. The fourth-order valence-corrected chi connectivity index (χ4v) is 10.6. The molecule has 6 atom stereocenters. The number of aromatic hydroxyl groups is 1. The number of ether oxygens (including phenoxy) is 3. The van der Waals surface area contributed by atoms with Gasteiger partial charge in [0.2, 0.25) is 23.6 Å². The van der Waals surface area contributed by atoms with Crippen LogP contribution in [0.15, 0.2) is 121 Å². The lowest BCUT2D eigenvalue weighted by Gasteiger charge is -2.50. The number of methoxy groups -OCH3 is 3. The van der Waals surface area contributed by atoms with Gasteiger partial charge in [0.1, 0.15) is 11.5 Å². The highest BCUT2D eigenvalue weighted by Gasteiger charge is 2.70. The quantitative estimate of drug-likeness (QED) is 0.0885. The number of fused-ring (bicyclic) bond motifs is 4. The highest BCUT2D eigenvalue weighted by atomic mass is 35.5. The van der Waals surface area contributed by atoms with E-state index >= 15 is 9.59 Å². The zero-order chi connectivity index (χ0) is 42.7. The molecule has 0 bridgehead atoms. The molecular formula is C49H40Cl2N2O8. The Balaban J connectivity index is 1.14. The van der Waals surface area contributed by atoms with Gasteiger partial charge in [-0.3, -0.25) is 24.1 Å². The summed E-state index contributed by atoms with van der Waals surface area (Å²) in [4.78, 5) is 62.3. The van der Waals surface area contributed by atoms with E-state index in [0.29, 0.717) is 39.0 Å². The molecule has 0 aromatic heterocycles. The highest BCUT2D eigenvalue weighted by molar-refractivity contribution is 6.33. The molecule has 61 heavy (non-hydrogen) atoms. The van der Waals surface area contributed by atoms with E-state index in [1.807, 2.05) is 78.9 Å². The van der Waals surface area contributed by atoms with Crippen LogP contribution in [0.5, 0.6) is 23.0 Å². The number of anilines is 2. The van der Waals surface area contributed by atoms with E-state index in [-0.39, 0.29) is 41.2 Å². The van der Waals surface area contributed by atoms with Gasteiger partial charge in [0.15, 0.2) is 11.5 Å². The van der Waals surface area contributed by atoms with Crippen LogP contribution in [0.1, 0.15) is 41.0 Å². The number of imide groups is 2. The summed E-state index contributed by atoms with van der Waals surface area (Å²) in [7, 11) is 4.60. The van der Waals surface area contributed by atoms with E-state index < -0.39 is 46.8 Å². The zero-order valence-electron chi connectivity index (χ0n) is 33.4. The Kier molecular flexibility index (Phi) is 10.2. The Hall–Kier alpha value is -6.36. The van der Waals surface area contributed by atoms with Crippen molar-refractivity contribution >= 4 is 70.4 Å². The van der Waals surface area contributed by atoms with E-state index in [1.165, 1.54) is 16.9 Å². The molecule has 2 heterocycles. The molecule has 6 unspecified atom stereocenters. The minimum absolute atomic E-state index is 0.00629. The number of hydrogen-bond donors (Lipinski definition) is 1. The highest BCUT2D eigenvalue weighted by Crippen LogP contribution is 2.65. The van der Waals surface area contributed by atoms with Crippen LogP contribution in [-0.2, 0) is 24.6 Å². The van der Waals surface area contributed by atoms with Gasteiger partial charge in [-0.05, 0) is 96.1 Å². The first-order chi connectivity index (χ1) is 29.5. The first-order valence-corrected chi connectivity index (χ1v) is 20.6. The number of carbonyl (C=O) groups excluding carboxylic acids is 4. The SMILES string of the molecule is COc1ccc(OC)c(C=Cc2ccc(N3C(=O)C4CC=C5C(CC6C(=O)N(c7cccc(Cl)c7)C(=O)C6(c6ccccc6)C5c5cc(Cl)c(O)c(OC)c5)C4C3=O)cc2)c1. The van der Waals surface area contributed by atoms with Gasteiger partial charge in [-0.2, -0.15) is 0 Å². The average molecular weight is 856 g/mol. The van der Waals surface area contributed by atoms with Crippen molar-refractivity contribution < 1.29 is 38.5 Å². The van der Waals surface area contributed by atoms with E-state index in [0.717, 1.165) is 16.7 Å². The molecule has 4 amide bonds. The van der Waals surface area contributed by atoms with Crippen LogP contribution in [0.25, 0.3) is 12.2 Å². The smallest absolute Gasteiger partial charge is 0.246 e. The minimum Gasteiger partial charge on any atom is -0.503 e. The van der Waals surface area contributed by atoms with Gasteiger partial charge >= 0.3 is 0 Å². The molecular weight excluding hydrogens is 815 g/mol. The maximum atomic E-state index is 15.5. The standard InChI is InChI=1S/C49H40Cl2N2O8/c1-59-34-18-21-40(60-2)28(22-34)15-12-27-13-16-32(17-14-27)52-45(55)36-20-19-35-37(42(36)47(52)57)26-38-46(56)53(33-11-7-10-31(50)25-33)48(58)49(38,30-8-5-4-6-9-30)43(35)29-23-39(51)44(54)41(24-29)61-3/h4-19,21-25,36-38,42-43,54H,20,26H2,1-3H3. The molecule has 2 aliphatic heterocycles. The number of nitrogens with zero attached hydrogens (tertiary/aromatic N) is 2. The van der Waals surface area contributed by atoms with Gasteiger partial charge in [-0.1, -0.05) is 95.5 Å². The molecule has 1 saturated carbocycles. The van der Waals surface area contributed by atoms with Gasteiger partial charge < -0.3 is 19.3 Å². The number of carbonyl (C=O) groups is 4. The summed E-state index contributed by atoms with van der Waals surface area (Å²) in [6.45, 7) is 0. The van der Waals surface area contributed by atoms with Crippen molar-refractivity contribution in [1.29, 1.82) is 0 Å². The number of rotatable bonds is 9. The topological polar surface area (TPSA) is 123 Å². The van der Waals surface area contributed by atoms with E-state index in [9.17, 15) is 14.7 Å². The largest absolute Gasteiger partial charge is 0.503 e. The number of halogens is 2. The summed E-state index contributed by atoms with van der Waals surface area (Å²) in [5.74, 6) is -4.38. The summed E-state index contributed by atoms with van der Waals surface area (Å²) >= 11 is 13.1. The summed E-state index contributed by atoms with van der Waals surface area (Å²) in [5, 5.41) is 11.2. The van der Waals surface area contributed by atoms with Crippen molar-refractivity contribution in [2.45, 2.75) is 24.2 Å². The summed E-state index contributed by atoms with van der Waals surface area (Å²) in [6, 6.07) is 31.7. The summed E-state index contributed by atoms with van der Waals surface area (Å²) < 4.78 is 16.5. The van der Waals surface area contributed by atoms with E-state index in [2.05, 4.69) is 0 Å². The van der Waals surface area contributed by atoms with Crippen LogP contribution < -0.4 is 24.0 Å². The van der Waals surface area contributed by atoms with Crippen molar-refractivity contribution in [2.75, 3.05) is 31.1 Å². The van der Waals surface area contributed by atoms with Gasteiger partial charge in [0.25, 0.3) is 0 Å². The molecule has 2 saturated heterocycles. The third-order valence-corrected chi connectivity index (χ3v) is 13.3. The number of hydrogen-bond acceptors (Lipinski definition) is 8. The fourth-order valence-electron chi connectivity index (χ4n) is 10.2. The molecule has 12 heteroatoms. The molecule has 3 fully saturated rings. The molecule has 9 rings (SSSR count). The zero-order valence-corrected chi connectivity index (χ0v) is 34.9. The fraction of sp³-hybridized carbons (Fsp3) is 0.224. The van der Waals surface area contributed by atoms with Crippen molar-refractivity contribution in [3.8, 4) is 23.0 Å². The van der Waals surface area contributed by atoms with Crippen molar-refractivity contribution in [2.24, 2.45) is 23.7 Å². The molecule has 0 radical (unpaired) electrons. The lowest BCUT2D eigenvalue weighted by Crippen LogP contribution is -2.53. The van der Waals surface area contributed by atoms with Crippen LogP contribution in [0.3, 0.4) is 0 Å². The second kappa shape index (κ2) is 15.6. The van der Waals surface area contributed by atoms with Crippen molar-refractivity contribution in [1.82, 2.24) is 0 Å². The molecule has 1 N–H and O–H groups in total. The molecule has 308 valence electrons. The van der Waals surface area contributed by atoms with Crippen LogP contribution in [0.4, 0.5) is 11.4 Å². The van der Waals surface area contributed by atoms with Crippen molar-refractivity contribution in [3.05, 3.63) is 153 Å². The van der Waals surface area contributed by atoms with Gasteiger partial charge in [-0.15, -0.1) is 0 Å². The number of amides is 4. The van der Waals surface area contributed by atoms with Gasteiger partial charge in [-0.25, -0.2) is 4.90 Å². The monoisotopic (exact) mass is 854 g/mol. The molecule has 10 nitrogen and oxygen atoms in total. The van der Waals surface area contributed by atoms with Crippen LogP contribution in [-0.4, -0.2) is 50.1 Å². The average Bonchev–Trinajstić information content (AvgIpc) is 3.67. The molecule has 5 aromatic rings. The van der Waals surface area contributed by atoms with E-state index in [1.54, 1.807) is 62.8 Å². The molecule has 2 aliphatic carbocycles. The molecule has 0 spiro atoms. The molecule has 4 aliphatic rings.